The lowest BCUT2D eigenvalue weighted by atomic mass is 10.2. The topological polar surface area (TPSA) is 73.2 Å². The molecule has 0 aliphatic carbocycles. The van der Waals surface area contributed by atoms with Crippen molar-refractivity contribution in [2.75, 3.05) is 13.7 Å². The molecule has 110 valence electrons. The number of methoxy groups -OCH3 is 1. The Hall–Kier alpha value is -2.63. The fourth-order valence-corrected chi connectivity index (χ4v) is 1.99. The summed E-state index contributed by atoms with van der Waals surface area (Å²) in [6, 6.07) is 6.49. The van der Waals surface area contributed by atoms with E-state index < -0.39 is 0 Å². The van der Waals surface area contributed by atoms with Crippen molar-refractivity contribution in [3.63, 3.8) is 0 Å². The van der Waals surface area contributed by atoms with Crippen molar-refractivity contribution in [3.8, 4) is 5.75 Å². The van der Waals surface area contributed by atoms with Crippen LogP contribution in [0.2, 0.25) is 0 Å². The maximum absolute atomic E-state index is 11.9. The van der Waals surface area contributed by atoms with Crippen LogP contribution in [0.1, 0.15) is 16.1 Å². The highest BCUT2D eigenvalue weighted by Crippen LogP contribution is 2.08. The molecule has 6 heteroatoms. The number of aromatic nitrogens is 2. The number of amides is 1. The van der Waals surface area contributed by atoms with E-state index in [9.17, 15) is 9.59 Å². The Bertz CT molecular complexity index is 680. The van der Waals surface area contributed by atoms with E-state index in [1.54, 1.807) is 35.2 Å². The number of aryl methyl sites for hydroxylation is 1. The maximum atomic E-state index is 11.9. The van der Waals surface area contributed by atoms with Gasteiger partial charge in [0.25, 0.3) is 11.5 Å². The lowest BCUT2D eigenvalue weighted by Crippen LogP contribution is -2.31. The summed E-state index contributed by atoms with van der Waals surface area (Å²) >= 11 is 0. The number of nitrogens with one attached hydrogen (secondary N) is 1. The zero-order valence-electron chi connectivity index (χ0n) is 12.0. The van der Waals surface area contributed by atoms with Crippen LogP contribution in [-0.2, 0) is 6.54 Å². The zero-order chi connectivity index (χ0) is 15.2. The van der Waals surface area contributed by atoms with Crippen LogP contribution in [0, 0.1) is 6.92 Å². The molecule has 0 aliphatic rings. The van der Waals surface area contributed by atoms with Gasteiger partial charge < -0.3 is 14.6 Å². The molecular formula is C15H17N3O3. The highest BCUT2D eigenvalue weighted by atomic mass is 16.5. The number of hydrogen-bond acceptors (Lipinski definition) is 4. The largest absolute Gasteiger partial charge is 0.496 e. The molecule has 2 rings (SSSR count). The lowest BCUT2D eigenvalue weighted by Gasteiger charge is -2.12. The van der Waals surface area contributed by atoms with Gasteiger partial charge in [-0.05, 0) is 25.1 Å². The number of nitrogens with zero attached hydrogens (tertiary/aromatic N) is 2. The van der Waals surface area contributed by atoms with Crippen molar-refractivity contribution in [3.05, 3.63) is 58.3 Å². The second kappa shape index (κ2) is 6.69. The van der Waals surface area contributed by atoms with Gasteiger partial charge >= 0.3 is 0 Å². The van der Waals surface area contributed by atoms with Gasteiger partial charge in [0, 0.05) is 42.8 Å². The molecule has 1 N–H and O–H groups in total. The monoisotopic (exact) mass is 287 g/mol. The van der Waals surface area contributed by atoms with Crippen molar-refractivity contribution >= 4 is 5.91 Å². The molecule has 0 radical (unpaired) electrons. The number of ether oxygens (including phenoxy) is 1. The molecule has 0 aliphatic heterocycles. The number of rotatable bonds is 5. The Kier molecular flexibility index (Phi) is 4.71. The highest BCUT2D eigenvalue weighted by molar-refractivity contribution is 5.93. The first kappa shape index (κ1) is 14.8. The molecule has 21 heavy (non-hydrogen) atoms. The number of carbonyl (C=O) groups excluding carboxylic acids is 1. The van der Waals surface area contributed by atoms with Crippen LogP contribution in [-0.4, -0.2) is 29.1 Å². The van der Waals surface area contributed by atoms with Crippen molar-refractivity contribution in [1.29, 1.82) is 0 Å². The van der Waals surface area contributed by atoms with Gasteiger partial charge in [0.2, 0.25) is 0 Å². The van der Waals surface area contributed by atoms with Crippen molar-refractivity contribution in [2.45, 2.75) is 13.5 Å². The first-order chi connectivity index (χ1) is 10.1. The van der Waals surface area contributed by atoms with E-state index in [4.69, 9.17) is 4.74 Å². The summed E-state index contributed by atoms with van der Waals surface area (Å²) in [5, 5.41) is 2.77. The molecule has 0 unspecified atom stereocenters. The molecule has 2 aromatic rings. The summed E-state index contributed by atoms with van der Waals surface area (Å²) in [4.78, 5) is 27.6. The molecule has 1 amide bonds. The summed E-state index contributed by atoms with van der Waals surface area (Å²) < 4.78 is 6.63. The fraction of sp³-hybridized carbons (Fsp3) is 0.267. The summed E-state index contributed by atoms with van der Waals surface area (Å²) in [6.07, 6.45) is 3.13. The standard InChI is InChI=1S/C15H17N3O3/c1-11-9-13(21-2)10-14(19)18(11)8-7-17-15(20)12-3-5-16-6-4-12/h3-6,9-10H,7-8H2,1-2H3,(H,17,20). The summed E-state index contributed by atoms with van der Waals surface area (Å²) in [7, 11) is 1.52. The van der Waals surface area contributed by atoms with Gasteiger partial charge in [-0.2, -0.15) is 0 Å². The Labute approximate surface area is 122 Å². The summed E-state index contributed by atoms with van der Waals surface area (Å²) in [5.74, 6) is 0.353. The summed E-state index contributed by atoms with van der Waals surface area (Å²) in [6.45, 7) is 2.61. The van der Waals surface area contributed by atoms with Gasteiger partial charge in [0.1, 0.15) is 5.75 Å². The van der Waals surface area contributed by atoms with E-state index in [1.807, 2.05) is 6.92 Å². The van der Waals surface area contributed by atoms with Gasteiger partial charge in [-0.25, -0.2) is 0 Å². The first-order valence-electron chi connectivity index (χ1n) is 6.55. The van der Waals surface area contributed by atoms with E-state index in [-0.39, 0.29) is 11.5 Å². The molecule has 0 saturated heterocycles. The average molecular weight is 287 g/mol. The molecular weight excluding hydrogens is 270 g/mol. The van der Waals surface area contributed by atoms with E-state index in [0.717, 1.165) is 5.69 Å². The molecule has 0 saturated carbocycles. The third-order valence-electron chi connectivity index (χ3n) is 3.11. The summed E-state index contributed by atoms with van der Waals surface area (Å²) in [5.41, 5.74) is 1.19. The van der Waals surface area contributed by atoms with Gasteiger partial charge in [-0.3, -0.25) is 14.6 Å². The Morgan fingerprint density at radius 3 is 2.67 bits per heavy atom. The van der Waals surface area contributed by atoms with Crippen LogP contribution in [0.3, 0.4) is 0 Å². The third kappa shape index (κ3) is 3.68. The minimum atomic E-state index is -0.184. The van der Waals surface area contributed by atoms with Crippen LogP contribution >= 0.6 is 0 Å². The van der Waals surface area contributed by atoms with Crippen LogP contribution < -0.4 is 15.6 Å². The average Bonchev–Trinajstić information content (AvgIpc) is 2.50. The normalized spacial score (nSPS) is 10.2. The molecule has 0 fully saturated rings. The van der Waals surface area contributed by atoms with E-state index in [1.165, 1.54) is 13.2 Å². The number of pyridine rings is 2. The number of carbonyl (C=O) groups is 1. The van der Waals surface area contributed by atoms with E-state index >= 15 is 0 Å². The minimum absolute atomic E-state index is 0.148. The molecule has 0 aromatic carbocycles. The molecule has 0 spiro atoms. The second-order valence-electron chi connectivity index (χ2n) is 4.52. The lowest BCUT2D eigenvalue weighted by molar-refractivity contribution is 0.0952. The highest BCUT2D eigenvalue weighted by Gasteiger charge is 2.06. The SMILES string of the molecule is COc1cc(C)n(CCNC(=O)c2ccncc2)c(=O)c1. The minimum Gasteiger partial charge on any atom is -0.496 e. The third-order valence-corrected chi connectivity index (χ3v) is 3.11. The fourth-order valence-electron chi connectivity index (χ4n) is 1.99. The van der Waals surface area contributed by atoms with Gasteiger partial charge in [-0.15, -0.1) is 0 Å². The van der Waals surface area contributed by atoms with Gasteiger partial charge in [0.05, 0.1) is 7.11 Å². The predicted molar refractivity (Wildman–Crippen MR) is 78.6 cm³/mol. The molecule has 6 nitrogen and oxygen atoms in total. The number of hydrogen-bond donors (Lipinski definition) is 1. The van der Waals surface area contributed by atoms with Gasteiger partial charge in [-0.1, -0.05) is 0 Å². The van der Waals surface area contributed by atoms with Crippen LogP contribution in [0.4, 0.5) is 0 Å². The zero-order valence-corrected chi connectivity index (χ0v) is 12.0. The van der Waals surface area contributed by atoms with Crippen LogP contribution in [0.5, 0.6) is 5.75 Å². The smallest absolute Gasteiger partial charge is 0.254 e. The molecule has 2 heterocycles. The Morgan fingerprint density at radius 1 is 1.33 bits per heavy atom. The van der Waals surface area contributed by atoms with Crippen molar-refractivity contribution in [1.82, 2.24) is 14.9 Å². The quantitative estimate of drug-likeness (QED) is 0.890. The predicted octanol–water partition coefficient (Wildman–Crippen LogP) is 0.990. The first-order valence-corrected chi connectivity index (χ1v) is 6.55. The molecule has 0 atom stereocenters. The van der Waals surface area contributed by atoms with Crippen LogP contribution in [0.25, 0.3) is 0 Å². The Balaban J connectivity index is 1.98. The Morgan fingerprint density at radius 2 is 2.05 bits per heavy atom. The second-order valence-corrected chi connectivity index (χ2v) is 4.52. The van der Waals surface area contributed by atoms with E-state index in [0.29, 0.717) is 24.4 Å². The van der Waals surface area contributed by atoms with Crippen LogP contribution in [0.15, 0.2) is 41.5 Å². The van der Waals surface area contributed by atoms with Crippen molar-refractivity contribution in [2.24, 2.45) is 0 Å². The van der Waals surface area contributed by atoms with E-state index in [2.05, 4.69) is 10.3 Å². The molecule has 0 bridgehead atoms. The molecule has 2 aromatic heterocycles. The van der Waals surface area contributed by atoms with Crippen molar-refractivity contribution < 1.29 is 9.53 Å². The maximum Gasteiger partial charge on any atom is 0.254 e. The van der Waals surface area contributed by atoms with Gasteiger partial charge in [0.15, 0.2) is 0 Å².